The standard InChI is InChI=1S/C17H29N3S/c1-5-15-13(4)21-16(18-15)17(19-14-6-7-14)8-10-20(11-9-17)12(2)3/h12,14,19H,5-11H2,1-4H3. The Kier molecular flexibility index (Phi) is 4.40. The van der Waals surface area contributed by atoms with Gasteiger partial charge >= 0.3 is 0 Å². The second-order valence-electron chi connectivity index (χ2n) is 7.01. The van der Waals surface area contributed by atoms with E-state index in [0.717, 1.165) is 12.5 Å². The van der Waals surface area contributed by atoms with Crippen LogP contribution in [-0.4, -0.2) is 35.1 Å². The first-order chi connectivity index (χ1) is 10.0. The molecule has 0 amide bonds. The number of piperidine rings is 1. The summed E-state index contributed by atoms with van der Waals surface area (Å²) in [5.74, 6) is 0. The molecule has 21 heavy (non-hydrogen) atoms. The molecule has 118 valence electrons. The minimum Gasteiger partial charge on any atom is -0.303 e. The topological polar surface area (TPSA) is 28.2 Å². The molecule has 3 rings (SSSR count). The van der Waals surface area contributed by atoms with E-state index in [-0.39, 0.29) is 5.54 Å². The van der Waals surface area contributed by atoms with Crippen LogP contribution in [0.3, 0.4) is 0 Å². The molecule has 0 spiro atoms. The molecule has 0 unspecified atom stereocenters. The highest BCUT2D eigenvalue weighted by Gasteiger charge is 2.42. The zero-order chi connectivity index (χ0) is 15.0. The number of hydrogen-bond donors (Lipinski definition) is 1. The molecule has 1 aromatic rings. The Balaban J connectivity index is 1.83. The van der Waals surface area contributed by atoms with Crippen molar-refractivity contribution in [1.29, 1.82) is 0 Å². The second kappa shape index (κ2) is 5.98. The summed E-state index contributed by atoms with van der Waals surface area (Å²) in [6, 6.07) is 1.40. The van der Waals surface area contributed by atoms with Crippen LogP contribution in [0, 0.1) is 6.92 Å². The van der Waals surface area contributed by atoms with Gasteiger partial charge in [-0.25, -0.2) is 4.98 Å². The van der Waals surface area contributed by atoms with Gasteiger partial charge < -0.3 is 10.2 Å². The number of likely N-dealkylation sites (tertiary alicyclic amines) is 1. The average Bonchev–Trinajstić information content (AvgIpc) is 3.19. The smallest absolute Gasteiger partial charge is 0.113 e. The fraction of sp³-hybridized carbons (Fsp3) is 0.824. The number of nitrogens with zero attached hydrogens (tertiary/aromatic N) is 2. The van der Waals surface area contributed by atoms with Crippen LogP contribution in [0.1, 0.15) is 62.0 Å². The Bertz CT molecular complexity index is 482. The monoisotopic (exact) mass is 307 g/mol. The van der Waals surface area contributed by atoms with E-state index in [1.54, 1.807) is 0 Å². The minimum atomic E-state index is 0.148. The van der Waals surface area contributed by atoms with Gasteiger partial charge in [0.25, 0.3) is 0 Å². The lowest BCUT2D eigenvalue weighted by molar-refractivity contribution is 0.108. The third-order valence-corrected chi connectivity index (χ3v) is 6.29. The Hall–Kier alpha value is -0.450. The highest BCUT2D eigenvalue weighted by molar-refractivity contribution is 7.11. The van der Waals surface area contributed by atoms with Gasteiger partial charge in [0.2, 0.25) is 0 Å². The second-order valence-corrected chi connectivity index (χ2v) is 8.21. The fourth-order valence-electron chi connectivity index (χ4n) is 3.42. The lowest BCUT2D eigenvalue weighted by atomic mass is 9.87. The lowest BCUT2D eigenvalue weighted by Gasteiger charge is -2.43. The van der Waals surface area contributed by atoms with E-state index in [1.807, 2.05) is 11.3 Å². The zero-order valence-corrected chi connectivity index (χ0v) is 14.7. The quantitative estimate of drug-likeness (QED) is 0.903. The number of thiazole rings is 1. The first-order valence-electron chi connectivity index (χ1n) is 8.52. The van der Waals surface area contributed by atoms with Crippen LogP contribution >= 0.6 is 11.3 Å². The highest BCUT2D eigenvalue weighted by atomic mass is 32.1. The number of nitrogens with one attached hydrogen (secondary N) is 1. The van der Waals surface area contributed by atoms with Gasteiger partial charge in [0.05, 0.1) is 11.2 Å². The van der Waals surface area contributed by atoms with Crippen molar-refractivity contribution in [3.8, 4) is 0 Å². The predicted octanol–water partition coefficient (Wildman–Crippen LogP) is 3.47. The van der Waals surface area contributed by atoms with Gasteiger partial charge in [-0.05, 0) is 52.9 Å². The Morgan fingerprint density at radius 2 is 2.00 bits per heavy atom. The van der Waals surface area contributed by atoms with Crippen LogP contribution in [0.2, 0.25) is 0 Å². The van der Waals surface area contributed by atoms with Crippen molar-refractivity contribution in [1.82, 2.24) is 15.2 Å². The van der Waals surface area contributed by atoms with Gasteiger partial charge in [-0.3, -0.25) is 0 Å². The Morgan fingerprint density at radius 1 is 1.33 bits per heavy atom. The van der Waals surface area contributed by atoms with Crippen molar-refractivity contribution in [3.05, 3.63) is 15.6 Å². The van der Waals surface area contributed by atoms with Gasteiger partial charge in [-0.1, -0.05) is 6.92 Å². The molecule has 4 heteroatoms. The molecule has 0 aromatic carbocycles. The normalized spacial score (nSPS) is 22.9. The number of hydrogen-bond acceptors (Lipinski definition) is 4. The summed E-state index contributed by atoms with van der Waals surface area (Å²) in [5.41, 5.74) is 1.45. The molecule has 2 heterocycles. The largest absolute Gasteiger partial charge is 0.303 e. The summed E-state index contributed by atoms with van der Waals surface area (Å²) in [6.07, 6.45) is 6.16. The maximum Gasteiger partial charge on any atom is 0.113 e. The summed E-state index contributed by atoms with van der Waals surface area (Å²) in [5, 5.41) is 5.32. The van der Waals surface area contributed by atoms with Gasteiger partial charge in [0.15, 0.2) is 0 Å². The third kappa shape index (κ3) is 3.17. The lowest BCUT2D eigenvalue weighted by Crippen LogP contribution is -2.53. The maximum absolute atomic E-state index is 5.01. The first-order valence-corrected chi connectivity index (χ1v) is 9.34. The van der Waals surface area contributed by atoms with Gasteiger partial charge in [-0.15, -0.1) is 11.3 Å². The Morgan fingerprint density at radius 3 is 2.48 bits per heavy atom. The van der Waals surface area contributed by atoms with Crippen LogP contribution in [-0.2, 0) is 12.0 Å². The van der Waals surface area contributed by atoms with E-state index in [1.165, 1.54) is 54.4 Å². The van der Waals surface area contributed by atoms with E-state index in [2.05, 4.69) is 37.9 Å². The number of rotatable bonds is 5. The third-order valence-electron chi connectivity index (χ3n) is 5.08. The molecule has 1 N–H and O–H groups in total. The SMILES string of the molecule is CCc1nc(C2(NC3CC3)CCN(C(C)C)CC2)sc1C. The fourth-order valence-corrected chi connectivity index (χ4v) is 4.63. The van der Waals surface area contributed by atoms with E-state index in [0.29, 0.717) is 6.04 Å². The van der Waals surface area contributed by atoms with Crippen molar-refractivity contribution in [2.45, 2.75) is 77.4 Å². The summed E-state index contributed by atoms with van der Waals surface area (Å²) >= 11 is 1.93. The van der Waals surface area contributed by atoms with Gasteiger partial charge in [-0.2, -0.15) is 0 Å². The number of aryl methyl sites for hydroxylation is 2. The molecule has 2 aliphatic rings. The molecule has 1 aliphatic carbocycles. The maximum atomic E-state index is 5.01. The molecule has 0 bridgehead atoms. The van der Waals surface area contributed by atoms with E-state index < -0.39 is 0 Å². The molecule has 0 radical (unpaired) electrons. The molecule has 2 fully saturated rings. The predicted molar refractivity (Wildman–Crippen MR) is 90.0 cm³/mol. The molecule has 1 aromatic heterocycles. The van der Waals surface area contributed by atoms with E-state index >= 15 is 0 Å². The summed E-state index contributed by atoms with van der Waals surface area (Å²) in [4.78, 5) is 9.03. The summed E-state index contributed by atoms with van der Waals surface area (Å²) in [7, 11) is 0. The molecule has 1 aliphatic heterocycles. The van der Waals surface area contributed by atoms with Crippen LogP contribution in [0.15, 0.2) is 0 Å². The van der Waals surface area contributed by atoms with Crippen molar-refractivity contribution in [3.63, 3.8) is 0 Å². The van der Waals surface area contributed by atoms with Crippen LogP contribution in [0.5, 0.6) is 0 Å². The molecular formula is C17H29N3S. The Labute approximate surface area is 133 Å². The van der Waals surface area contributed by atoms with Crippen molar-refractivity contribution in [2.75, 3.05) is 13.1 Å². The van der Waals surface area contributed by atoms with Crippen molar-refractivity contribution >= 4 is 11.3 Å². The van der Waals surface area contributed by atoms with Crippen molar-refractivity contribution in [2.24, 2.45) is 0 Å². The minimum absolute atomic E-state index is 0.148. The molecule has 1 saturated carbocycles. The molecular weight excluding hydrogens is 278 g/mol. The van der Waals surface area contributed by atoms with Crippen LogP contribution in [0.25, 0.3) is 0 Å². The molecule has 1 saturated heterocycles. The number of aromatic nitrogens is 1. The highest BCUT2D eigenvalue weighted by Crippen LogP contribution is 2.39. The van der Waals surface area contributed by atoms with Gasteiger partial charge in [0.1, 0.15) is 5.01 Å². The van der Waals surface area contributed by atoms with Crippen molar-refractivity contribution < 1.29 is 0 Å². The van der Waals surface area contributed by atoms with E-state index in [4.69, 9.17) is 4.98 Å². The summed E-state index contributed by atoms with van der Waals surface area (Å²) in [6.45, 7) is 11.4. The molecule has 0 atom stereocenters. The first kappa shape index (κ1) is 15.4. The van der Waals surface area contributed by atoms with Crippen LogP contribution < -0.4 is 5.32 Å². The summed E-state index contributed by atoms with van der Waals surface area (Å²) < 4.78 is 0. The van der Waals surface area contributed by atoms with Gasteiger partial charge in [0, 0.05) is 30.1 Å². The van der Waals surface area contributed by atoms with E-state index in [9.17, 15) is 0 Å². The molecule has 3 nitrogen and oxygen atoms in total. The zero-order valence-electron chi connectivity index (χ0n) is 13.9. The average molecular weight is 308 g/mol. The van der Waals surface area contributed by atoms with Crippen LogP contribution in [0.4, 0.5) is 0 Å².